The van der Waals surface area contributed by atoms with Gasteiger partial charge in [0.25, 0.3) is 11.1 Å². The van der Waals surface area contributed by atoms with E-state index in [1.54, 1.807) is 0 Å². The maximum Gasteiger partial charge on any atom is 0.416 e. The van der Waals surface area contributed by atoms with E-state index in [1.807, 2.05) is 0 Å². The van der Waals surface area contributed by atoms with Gasteiger partial charge in [0, 0.05) is 96.3 Å². The Morgan fingerprint density at radius 2 is 1.03 bits per heavy atom. The number of hydrogen-bond acceptors (Lipinski definition) is 10. The summed E-state index contributed by atoms with van der Waals surface area (Å²) in [6.45, 7) is -34.2. The van der Waals surface area contributed by atoms with Gasteiger partial charge in [-0.05, 0) is 169 Å². The smallest absolute Gasteiger partial charge is 0.336 e. The number of carbonyl (C=O) groups excluding carboxylic acids is 2. The van der Waals surface area contributed by atoms with Gasteiger partial charge in [-0.25, -0.2) is 8.78 Å². The number of carbonyl (C=O) groups is 2. The van der Waals surface area contributed by atoms with Gasteiger partial charge in [-0.1, -0.05) is 149 Å². The zero-order valence-electron chi connectivity index (χ0n) is 83.7. The molecule has 96 heavy (non-hydrogen) atoms. The van der Waals surface area contributed by atoms with Crippen LogP contribution in [0.3, 0.4) is 0 Å². The van der Waals surface area contributed by atoms with Gasteiger partial charge in [-0.2, -0.15) is 36.3 Å². The molecular formula is C74H80F8N8O4S2. The Bertz CT molecular complexity index is 5650. The summed E-state index contributed by atoms with van der Waals surface area (Å²) in [7, 11) is 0. The maximum atomic E-state index is 15.0. The Balaban J connectivity index is 0.000000289. The monoisotopic (exact) mass is 1390 g/mol. The van der Waals surface area contributed by atoms with Crippen LogP contribution in [0.1, 0.15) is 146 Å². The number of amides is 2. The zero-order chi connectivity index (χ0) is 97.4. The summed E-state index contributed by atoms with van der Waals surface area (Å²) in [4.78, 5) is 63.6. The molecule has 0 aliphatic heterocycles. The molecule has 0 saturated carbocycles. The van der Waals surface area contributed by atoms with Gasteiger partial charge in [0.1, 0.15) is 24.7 Å². The number of fused-ring (bicyclic) bond motifs is 2. The van der Waals surface area contributed by atoms with Crippen LogP contribution in [-0.4, -0.2) is 102 Å². The number of alkyl halides is 6. The normalized spacial score (nSPS) is 21.8. The second-order valence-corrected chi connectivity index (χ2v) is 22.5. The van der Waals surface area contributed by atoms with Crippen LogP contribution < -0.4 is 11.1 Å². The molecule has 0 radical (unpaired) electrons. The summed E-state index contributed by atoms with van der Waals surface area (Å²) < 4.78 is 391. The quantitative estimate of drug-likeness (QED) is 0.0295. The molecule has 8 aromatic rings. The van der Waals surface area contributed by atoms with Crippen LogP contribution >= 0.6 is 23.5 Å². The fraction of sp³-hybridized carbons (Fsp3) is 0.378. The summed E-state index contributed by atoms with van der Waals surface area (Å²) >= 11 is 1.52. The lowest BCUT2D eigenvalue weighted by atomic mass is 9.98. The molecule has 1 atom stereocenters. The van der Waals surface area contributed by atoms with E-state index in [-0.39, 0.29) is 71.5 Å². The lowest BCUT2D eigenvalue weighted by Gasteiger charge is -2.28. The number of thioether (sulfide) groups is 2. The Morgan fingerprint density at radius 3 is 1.53 bits per heavy atom. The summed E-state index contributed by atoms with van der Waals surface area (Å²) in [5.41, 5.74) is -9.69. The zero-order valence-corrected chi connectivity index (χ0v) is 53.4. The fourth-order valence-corrected chi connectivity index (χ4v) is 11.2. The maximum absolute atomic E-state index is 15.0. The van der Waals surface area contributed by atoms with Gasteiger partial charge < -0.3 is 28.7 Å². The standard InChI is InChI=1S/2C37H40F4N4O2S/c1-4-43(5-2)18-19-44(22-26-6-10-28(11-7-26)29-12-14-30(15-13-29)37(39,40)41)34(46)23-45-33-21-25(3)20-32(33)35(47)42-36(45)48-24-27-8-16-31(38)17-9-27;1-4-43(5-2)19-20-44(22-29-12-11-28(21-25(29)3)27-13-15-30(16-14-27)37(39,40)41)34(46)23-45-33-8-6-7-32(33)35(47)42-36(45)48-24-26-9-17-31(38)18-10-26/h6-17,25H,4-5,18-24H2,1-3H3;9-18,21H,4-8,19-20,22-24H2,1-3H3/i4D2,5D2,18D2,19D2,20D2,21D2,22D2,25D;4D2,5D2,11D,12D,13D,14D,15D,16D,19D2,20D2,21D,22D2. The van der Waals surface area contributed by atoms with Crippen molar-refractivity contribution in [2.24, 2.45) is 5.89 Å². The van der Waals surface area contributed by atoms with Crippen LogP contribution in [0.5, 0.6) is 0 Å². The first-order chi connectivity index (χ1) is 57.9. The number of rotatable bonds is 26. The van der Waals surface area contributed by atoms with E-state index in [1.165, 1.54) is 48.5 Å². The van der Waals surface area contributed by atoms with E-state index < -0.39 is 241 Å². The summed E-state index contributed by atoms with van der Waals surface area (Å²) in [6, 6.07) is 8.70. The molecule has 0 fully saturated rings. The molecule has 2 amide bonds. The summed E-state index contributed by atoms with van der Waals surface area (Å²) in [5, 5.41) is -0.705. The van der Waals surface area contributed by atoms with Gasteiger partial charge >= 0.3 is 12.4 Å². The van der Waals surface area contributed by atoms with Gasteiger partial charge in [0.15, 0.2) is 10.3 Å². The SMILES string of the molecule is [2H]C([2H])(C)N(C([2H])([2H])C)C([2H])([2H])C([2H])([2H])N(C(=O)Cn1c(SCc2ccc(F)cc2)nc(=O)c2c1C([2H])([2H])C([2H])(C)C2([2H])[2H])C([2H])([2H])c1ccc(-c2ccc(C(F)(F)F)cc2)cc1.[2H]c1c([2H])c(C(F)(F)F)c([2H])c([2H])c1-c1c([2H])c([2H])c(C([2H])([2H])N(C(=O)Cn2c(SCc3ccc(F)cc3)nc(=O)c3c2CCC3)C([2H])([2H])C([2H])([2H])N(C([2H])([2H])C)C([2H])([2H])C)c(C)c1[2H]. The summed E-state index contributed by atoms with van der Waals surface area (Å²) in [6.07, 6.45) is -15.6. The molecule has 0 N–H and O–H groups in total. The van der Waals surface area contributed by atoms with Gasteiger partial charge in [-0.15, -0.1) is 0 Å². The molecule has 0 saturated heterocycles. The Labute approximate surface area is 608 Å². The Morgan fingerprint density at radius 1 is 0.573 bits per heavy atom. The second kappa shape index (κ2) is 32.9. The largest absolute Gasteiger partial charge is 0.416 e. The third kappa shape index (κ3) is 19.0. The van der Waals surface area contributed by atoms with Gasteiger partial charge in [0.05, 0.1) is 31.7 Å². The highest BCUT2D eigenvalue weighted by Crippen LogP contribution is 2.35. The van der Waals surface area contributed by atoms with Crippen molar-refractivity contribution in [3.05, 3.63) is 233 Å². The second-order valence-electron chi connectivity index (χ2n) is 20.6. The Kier molecular flexibility index (Phi) is 13.9. The molecule has 2 heterocycles. The number of nitrogens with zero attached hydrogens (tertiary/aromatic N) is 8. The molecule has 12 nitrogen and oxygen atoms in total. The highest BCUT2D eigenvalue weighted by molar-refractivity contribution is 7.98. The van der Waals surface area contributed by atoms with E-state index in [2.05, 4.69) is 9.97 Å². The average molecular weight is 1390 g/mol. The lowest BCUT2D eigenvalue weighted by molar-refractivity contribution is -0.138. The molecule has 2 aliphatic carbocycles. The number of benzene rings is 6. The van der Waals surface area contributed by atoms with Crippen molar-refractivity contribution in [3.63, 3.8) is 0 Å². The van der Waals surface area contributed by atoms with Crippen molar-refractivity contribution >= 4 is 35.3 Å². The minimum atomic E-state index is -5.39. The van der Waals surface area contributed by atoms with E-state index >= 15 is 4.79 Å². The van der Waals surface area contributed by atoms with Crippen LogP contribution in [0.25, 0.3) is 22.3 Å². The fourth-order valence-electron chi connectivity index (χ4n) is 9.26. The van der Waals surface area contributed by atoms with Crippen LogP contribution in [-0.2, 0) is 85.1 Å². The van der Waals surface area contributed by atoms with Crippen LogP contribution in [0.2, 0.25) is 0 Å². The molecule has 0 spiro atoms. The van der Waals surface area contributed by atoms with Crippen molar-refractivity contribution in [3.8, 4) is 22.3 Å². The predicted octanol–water partition coefficient (Wildman–Crippen LogP) is 15.0. The van der Waals surface area contributed by atoms with Crippen molar-refractivity contribution < 1.29 is 88.6 Å². The number of aromatic nitrogens is 4. The molecular weight excluding hydrogens is 1280 g/mol. The third-order valence-corrected chi connectivity index (χ3v) is 16.2. The average Bonchev–Trinajstić information content (AvgIpc) is 1.54. The third-order valence-electron chi connectivity index (χ3n) is 14.1. The number of likely N-dealkylation sites (N-methyl/N-ethyl adjacent to an activating group) is 2. The van der Waals surface area contributed by atoms with Crippen LogP contribution in [0.4, 0.5) is 35.1 Å². The highest BCUT2D eigenvalue weighted by Gasteiger charge is 2.33. The molecule has 10 rings (SSSR count). The molecule has 6 aromatic carbocycles. The lowest BCUT2D eigenvalue weighted by Crippen LogP contribution is -2.40. The molecule has 1 unspecified atom stereocenters. The first kappa shape index (κ1) is 40.7. The van der Waals surface area contributed by atoms with Crippen molar-refractivity contribution in [1.82, 2.24) is 38.7 Å². The molecule has 508 valence electrons. The summed E-state index contributed by atoms with van der Waals surface area (Å²) in [5.74, 6) is -7.52. The molecule has 2 aromatic heterocycles. The molecule has 22 heteroatoms. The van der Waals surface area contributed by atoms with Crippen molar-refractivity contribution in [2.45, 2.75) is 134 Å². The Hall–Kier alpha value is -7.92. The predicted molar refractivity (Wildman–Crippen MR) is 362 cm³/mol. The van der Waals surface area contributed by atoms with Gasteiger partial charge in [-0.3, -0.25) is 19.2 Å². The van der Waals surface area contributed by atoms with Gasteiger partial charge in [0.2, 0.25) is 11.8 Å². The number of hydrogen-bond donors (Lipinski definition) is 0. The molecule has 0 bridgehead atoms. The van der Waals surface area contributed by atoms with E-state index in [0.717, 1.165) is 78.7 Å². The van der Waals surface area contributed by atoms with Crippen LogP contribution in [0, 0.1) is 24.5 Å². The highest BCUT2D eigenvalue weighted by atomic mass is 32.2. The first-order valence-electron chi connectivity index (χ1n) is 44.8. The van der Waals surface area contributed by atoms with Crippen molar-refractivity contribution in [2.75, 3.05) is 52.0 Å². The minimum absolute atomic E-state index is 0.0223. The van der Waals surface area contributed by atoms with Crippen molar-refractivity contribution in [1.29, 1.82) is 0 Å². The minimum Gasteiger partial charge on any atom is -0.336 e. The topological polar surface area (TPSA) is 117 Å². The van der Waals surface area contributed by atoms with E-state index in [4.69, 9.17) is 32.9 Å². The van der Waals surface area contributed by atoms with Crippen LogP contribution in [0.15, 0.2) is 159 Å². The number of halogens is 8. The van der Waals surface area contributed by atoms with E-state index in [9.17, 15) is 60.5 Å². The van der Waals surface area contributed by atoms with E-state index in [0.29, 0.717) is 61.6 Å². The molecule has 2 aliphatic rings. The first-order valence-corrected chi connectivity index (χ1v) is 30.8.